The predicted octanol–water partition coefficient (Wildman–Crippen LogP) is 3.30. The van der Waals surface area contributed by atoms with Crippen molar-refractivity contribution in [1.82, 2.24) is 4.98 Å². The highest BCUT2D eigenvalue weighted by Gasteiger charge is 2.19. The second kappa shape index (κ2) is 5.46. The third-order valence-electron chi connectivity index (χ3n) is 2.84. The zero-order valence-corrected chi connectivity index (χ0v) is 12.9. The zero-order chi connectivity index (χ0) is 14.0. The van der Waals surface area contributed by atoms with Crippen molar-refractivity contribution in [3.63, 3.8) is 0 Å². The molecule has 0 aliphatic carbocycles. The fourth-order valence-electron chi connectivity index (χ4n) is 1.66. The first kappa shape index (κ1) is 14.3. The Labute approximate surface area is 117 Å². The quantitative estimate of drug-likeness (QED) is 0.920. The molecule has 0 saturated carbocycles. The molecule has 0 fully saturated rings. The van der Waals surface area contributed by atoms with Crippen molar-refractivity contribution in [3.05, 3.63) is 18.2 Å². The molecular formula is C13H18N2O2S2. The van der Waals surface area contributed by atoms with Crippen molar-refractivity contribution < 1.29 is 8.42 Å². The molecule has 6 heteroatoms. The van der Waals surface area contributed by atoms with E-state index in [2.05, 4.69) is 17.2 Å². The second-order valence-corrected chi connectivity index (χ2v) is 8.20. The van der Waals surface area contributed by atoms with Crippen molar-refractivity contribution in [2.24, 2.45) is 0 Å². The molecule has 4 nitrogen and oxygen atoms in total. The van der Waals surface area contributed by atoms with Crippen LogP contribution < -0.4 is 5.32 Å². The van der Waals surface area contributed by atoms with Gasteiger partial charge in [-0.05, 0) is 38.5 Å². The number of thiazole rings is 1. The minimum Gasteiger partial charge on any atom is -0.361 e. The van der Waals surface area contributed by atoms with Gasteiger partial charge in [-0.25, -0.2) is 13.4 Å². The number of fused-ring (bicyclic) bond motifs is 1. The average Bonchev–Trinajstić information content (AvgIpc) is 2.77. The summed E-state index contributed by atoms with van der Waals surface area (Å²) < 4.78 is 25.1. The summed E-state index contributed by atoms with van der Waals surface area (Å²) in [4.78, 5) is 4.81. The van der Waals surface area contributed by atoms with Gasteiger partial charge in [-0.1, -0.05) is 18.3 Å². The van der Waals surface area contributed by atoms with Gasteiger partial charge >= 0.3 is 0 Å². The zero-order valence-electron chi connectivity index (χ0n) is 11.3. The highest BCUT2D eigenvalue weighted by atomic mass is 32.2. The maximum atomic E-state index is 12.1. The maximum absolute atomic E-state index is 12.1. The van der Waals surface area contributed by atoms with Gasteiger partial charge < -0.3 is 5.32 Å². The van der Waals surface area contributed by atoms with Crippen molar-refractivity contribution >= 4 is 36.5 Å². The van der Waals surface area contributed by atoms with Crippen LogP contribution in [0.3, 0.4) is 0 Å². The van der Waals surface area contributed by atoms with Crippen molar-refractivity contribution in [1.29, 1.82) is 0 Å². The number of aromatic nitrogens is 1. The monoisotopic (exact) mass is 298 g/mol. The summed E-state index contributed by atoms with van der Waals surface area (Å²) in [6.07, 6.45) is 1.03. The molecule has 1 aromatic carbocycles. The van der Waals surface area contributed by atoms with Crippen LogP contribution in [0.2, 0.25) is 0 Å². The molecule has 2 rings (SSSR count). The number of sulfone groups is 1. The summed E-state index contributed by atoms with van der Waals surface area (Å²) >= 11 is 1.49. The first-order valence-corrected chi connectivity index (χ1v) is 8.69. The number of anilines is 1. The number of nitrogens with one attached hydrogen (secondary N) is 1. The Morgan fingerprint density at radius 2 is 2.11 bits per heavy atom. The summed E-state index contributed by atoms with van der Waals surface area (Å²) in [5, 5.41) is 3.66. The summed E-state index contributed by atoms with van der Waals surface area (Å²) in [7, 11) is -3.22. The molecule has 0 saturated heterocycles. The van der Waals surface area contributed by atoms with Crippen LogP contribution in [0.25, 0.3) is 10.2 Å². The van der Waals surface area contributed by atoms with Crippen molar-refractivity contribution in [2.45, 2.75) is 37.3 Å². The van der Waals surface area contributed by atoms with Gasteiger partial charge in [0, 0.05) is 6.54 Å². The summed E-state index contributed by atoms with van der Waals surface area (Å²) in [5.41, 5.74) is 0.839. The molecule has 19 heavy (non-hydrogen) atoms. The molecule has 0 amide bonds. The van der Waals surface area contributed by atoms with Crippen molar-refractivity contribution in [3.8, 4) is 0 Å². The van der Waals surface area contributed by atoms with E-state index in [0.717, 1.165) is 28.3 Å². The summed E-state index contributed by atoms with van der Waals surface area (Å²) in [6.45, 7) is 6.35. The highest BCUT2D eigenvalue weighted by Crippen LogP contribution is 2.29. The van der Waals surface area contributed by atoms with Crippen LogP contribution in [0, 0.1) is 0 Å². The lowest BCUT2D eigenvalue weighted by molar-refractivity contribution is 0.587. The molecule has 1 aromatic heterocycles. The van der Waals surface area contributed by atoms with E-state index in [4.69, 9.17) is 0 Å². The Hall–Kier alpha value is -1.14. The lowest BCUT2D eigenvalue weighted by Crippen LogP contribution is -2.13. The molecule has 1 N–H and O–H groups in total. The molecule has 0 spiro atoms. The predicted molar refractivity (Wildman–Crippen MR) is 80.7 cm³/mol. The van der Waals surface area contributed by atoms with Crippen LogP contribution in [-0.4, -0.2) is 25.2 Å². The molecule has 0 aliphatic rings. The Morgan fingerprint density at radius 1 is 1.37 bits per heavy atom. The van der Waals surface area contributed by atoms with Crippen LogP contribution >= 0.6 is 11.3 Å². The van der Waals surface area contributed by atoms with Crippen LogP contribution in [0.5, 0.6) is 0 Å². The van der Waals surface area contributed by atoms with Crippen LogP contribution in [0.15, 0.2) is 23.1 Å². The number of rotatable bonds is 5. The molecule has 1 heterocycles. The normalized spacial score (nSPS) is 12.2. The van der Waals surface area contributed by atoms with Gasteiger partial charge in [0.2, 0.25) is 0 Å². The number of nitrogens with zero attached hydrogens (tertiary/aromatic N) is 1. The van der Waals surface area contributed by atoms with Gasteiger partial charge in [-0.15, -0.1) is 0 Å². The minimum absolute atomic E-state index is 0.376. The first-order chi connectivity index (χ1) is 8.95. The van der Waals surface area contributed by atoms with E-state index in [-0.39, 0.29) is 0 Å². The molecule has 2 aromatic rings. The smallest absolute Gasteiger partial charge is 0.183 e. The standard InChI is InChI=1S/C13H18N2O2S2/c1-4-7-14-13-15-11-6-5-10(8-12(11)18-13)19(16,17)9(2)3/h5-6,8-9H,4,7H2,1-3H3,(H,14,15). The van der Waals surface area contributed by atoms with Gasteiger partial charge in [0.05, 0.1) is 20.4 Å². The second-order valence-electron chi connectivity index (χ2n) is 4.67. The molecule has 0 unspecified atom stereocenters. The molecule has 0 bridgehead atoms. The van der Waals surface area contributed by atoms with Crippen molar-refractivity contribution in [2.75, 3.05) is 11.9 Å². The van der Waals surface area contributed by atoms with Gasteiger partial charge in [-0.2, -0.15) is 0 Å². The Kier molecular flexibility index (Phi) is 4.10. The molecule has 0 radical (unpaired) electrons. The van der Waals surface area contributed by atoms with E-state index >= 15 is 0 Å². The molecule has 0 aliphatic heterocycles. The lowest BCUT2D eigenvalue weighted by atomic mass is 10.3. The van der Waals surface area contributed by atoms with E-state index in [1.165, 1.54) is 11.3 Å². The van der Waals surface area contributed by atoms with Crippen LogP contribution in [0.4, 0.5) is 5.13 Å². The fraction of sp³-hybridized carbons (Fsp3) is 0.462. The fourth-order valence-corrected chi connectivity index (χ4v) is 3.75. The first-order valence-electron chi connectivity index (χ1n) is 6.33. The summed E-state index contributed by atoms with van der Waals surface area (Å²) in [6, 6.07) is 5.14. The largest absolute Gasteiger partial charge is 0.361 e. The number of benzene rings is 1. The van der Waals surface area contributed by atoms with Crippen LogP contribution in [0.1, 0.15) is 27.2 Å². The van der Waals surface area contributed by atoms with E-state index in [1.54, 1.807) is 32.0 Å². The Balaban J connectivity index is 2.41. The minimum atomic E-state index is -3.22. The van der Waals surface area contributed by atoms with Gasteiger partial charge in [0.1, 0.15) is 0 Å². The maximum Gasteiger partial charge on any atom is 0.183 e. The third kappa shape index (κ3) is 2.90. The molecular weight excluding hydrogens is 280 g/mol. The van der Waals surface area contributed by atoms with E-state index in [9.17, 15) is 8.42 Å². The highest BCUT2D eigenvalue weighted by molar-refractivity contribution is 7.92. The van der Waals surface area contributed by atoms with E-state index in [1.807, 2.05) is 0 Å². The number of hydrogen-bond donors (Lipinski definition) is 1. The Morgan fingerprint density at radius 3 is 2.74 bits per heavy atom. The van der Waals surface area contributed by atoms with E-state index in [0.29, 0.717) is 4.90 Å². The van der Waals surface area contributed by atoms with Gasteiger partial charge in [-0.3, -0.25) is 0 Å². The summed E-state index contributed by atoms with van der Waals surface area (Å²) in [5.74, 6) is 0. The average molecular weight is 298 g/mol. The van der Waals surface area contributed by atoms with Gasteiger partial charge in [0.25, 0.3) is 0 Å². The lowest BCUT2D eigenvalue weighted by Gasteiger charge is -2.06. The number of hydrogen-bond acceptors (Lipinski definition) is 5. The molecule has 0 atom stereocenters. The van der Waals surface area contributed by atoms with E-state index < -0.39 is 15.1 Å². The topological polar surface area (TPSA) is 59.1 Å². The third-order valence-corrected chi connectivity index (χ3v) is 5.96. The SMILES string of the molecule is CCCNc1nc2ccc(S(=O)(=O)C(C)C)cc2s1. The molecule has 104 valence electrons. The Bertz CT molecular complexity index is 675. The van der Waals surface area contributed by atoms with Crippen LogP contribution in [-0.2, 0) is 9.84 Å². The van der Waals surface area contributed by atoms with Gasteiger partial charge in [0.15, 0.2) is 15.0 Å².